The number of nitrogens with zero attached hydrogens (tertiary/aromatic N) is 3. The van der Waals surface area contributed by atoms with Crippen molar-refractivity contribution in [3.05, 3.63) is 11.1 Å². The number of rotatable bonds is 3. The molecule has 7 nitrogen and oxygen atoms in total. The summed E-state index contributed by atoms with van der Waals surface area (Å²) >= 11 is 0. The highest BCUT2D eigenvalue weighted by molar-refractivity contribution is 5.79. The van der Waals surface area contributed by atoms with Crippen LogP contribution >= 0.6 is 0 Å². The molecule has 118 valence electrons. The monoisotopic (exact) mass is 304 g/mol. The molecule has 1 aliphatic carbocycles. The number of carbonyl (C=O) groups is 2. The lowest BCUT2D eigenvalue weighted by atomic mass is 10.1. The Bertz CT molecular complexity index is 548. The Morgan fingerprint density at radius 2 is 2.00 bits per heavy atom. The Kier molecular flexibility index (Phi) is 4.03. The number of likely N-dealkylation sites (tertiary alicyclic amines) is 2. The summed E-state index contributed by atoms with van der Waals surface area (Å²) in [4.78, 5) is 26.2. The quantitative estimate of drug-likeness (QED) is 0.742. The third kappa shape index (κ3) is 2.79. The summed E-state index contributed by atoms with van der Waals surface area (Å²) in [5.41, 5.74) is 2.40. The van der Waals surface area contributed by atoms with Gasteiger partial charge >= 0.3 is 6.09 Å². The molecule has 1 atom stereocenters. The lowest BCUT2D eigenvalue weighted by Crippen LogP contribution is -2.43. The molecule has 2 aliphatic heterocycles. The van der Waals surface area contributed by atoms with E-state index in [4.69, 9.17) is 10.4 Å². The molecule has 2 N–H and O–H groups in total. The fourth-order valence-electron chi connectivity index (χ4n) is 3.64. The van der Waals surface area contributed by atoms with E-state index in [1.807, 2.05) is 0 Å². The molecule has 0 saturated carbocycles. The average molecular weight is 304 g/mol. The van der Waals surface area contributed by atoms with E-state index in [0.717, 1.165) is 25.7 Å². The van der Waals surface area contributed by atoms with Gasteiger partial charge in [-0.05, 0) is 36.8 Å². The van der Waals surface area contributed by atoms with E-state index in [0.29, 0.717) is 19.6 Å². The van der Waals surface area contributed by atoms with Gasteiger partial charge in [-0.2, -0.15) is 5.26 Å². The molecular formula is C15H20N4O3. The fraction of sp³-hybridized carbons (Fsp3) is 0.667. The molecule has 0 aromatic carbocycles. The highest BCUT2D eigenvalue weighted by Crippen LogP contribution is 2.32. The van der Waals surface area contributed by atoms with Crippen molar-refractivity contribution in [1.29, 1.82) is 5.26 Å². The topological polar surface area (TPSA) is 96.7 Å². The van der Waals surface area contributed by atoms with Crippen molar-refractivity contribution in [2.45, 2.75) is 37.8 Å². The number of carboxylic acid groups (broad SMARTS) is 1. The van der Waals surface area contributed by atoms with E-state index in [9.17, 15) is 9.59 Å². The predicted octanol–water partition coefficient (Wildman–Crippen LogP) is 0.543. The minimum Gasteiger partial charge on any atom is -0.465 e. The van der Waals surface area contributed by atoms with E-state index < -0.39 is 6.09 Å². The van der Waals surface area contributed by atoms with Crippen LogP contribution in [0.2, 0.25) is 0 Å². The highest BCUT2D eigenvalue weighted by atomic mass is 16.4. The van der Waals surface area contributed by atoms with E-state index in [1.165, 1.54) is 16.0 Å². The Balaban J connectivity index is 1.44. The Morgan fingerprint density at radius 1 is 1.32 bits per heavy atom. The third-order valence-electron chi connectivity index (χ3n) is 4.78. The second-order valence-corrected chi connectivity index (χ2v) is 6.21. The van der Waals surface area contributed by atoms with Crippen LogP contribution in [0.25, 0.3) is 0 Å². The van der Waals surface area contributed by atoms with E-state index in [2.05, 4.69) is 11.4 Å². The molecule has 0 aromatic heterocycles. The van der Waals surface area contributed by atoms with Crippen LogP contribution in [0, 0.1) is 11.3 Å². The summed E-state index contributed by atoms with van der Waals surface area (Å²) in [6.45, 7) is 1.93. The summed E-state index contributed by atoms with van der Waals surface area (Å²) in [7, 11) is 0. The number of nitriles is 1. The molecule has 0 spiro atoms. The van der Waals surface area contributed by atoms with Crippen molar-refractivity contribution in [2.75, 3.05) is 26.2 Å². The molecule has 0 radical (unpaired) electrons. The molecule has 0 unspecified atom stereocenters. The molecule has 3 aliphatic rings. The summed E-state index contributed by atoms with van der Waals surface area (Å²) < 4.78 is 0. The van der Waals surface area contributed by atoms with Gasteiger partial charge in [0.25, 0.3) is 0 Å². The zero-order chi connectivity index (χ0) is 15.7. The summed E-state index contributed by atoms with van der Waals surface area (Å²) in [6, 6.07) is 2.12. The van der Waals surface area contributed by atoms with Crippen molar-refractivity contribution in [3.63, 3.8) is 0 Å². The van der Waals surface area contributed by atoms with E-state index >= 15 is 0 Å². The van der Waals surface area contributed by atoms with Gasteiger partial charge in [0.15, 0.2) is 0 Å². The molecule has 0 bridgehead atoms. The van der Waals surface area contributed by atoms with Gasteiger partial charge in [0.1, 0.15) is 6.04 Å². The minimum absolute atomic E-state index is 0.0109. The summed E-state index contributed by atoms with van der Waals surface area (Å²) in [6.07, 6.45) is 2.42. The van der Waals surface area contributed by atoms with Crippen LogP contribution in [0.15, 0.2) is 11.1 Å². The SMILES string of the molecule is N#C[C@@H]1CCCN1C(=O)CNC1CC2=C(C1)CN(C(=O)O)C2. The highest BCUT2D eigenvalue weighted by Gasteiger charge is 2.34. The first-order valence-corrected chi connectivity index (χ1v) is 7.68. The van der Waals surface area contributed by atoms with Crippen LogP contribution in [0.5, 0.6) is 0 Å². The first kappa shape index (κ1) is 14.9. The zero-order valence-corrected chi connectivity index (χ0v) is 12.4. The Hall–Kier alpha value is -2.07. The maximum Gasteiger partial charge on any atom is 0.407 e. The van der Waals surface area contributed by atoms with Gasteiger partial charge in [-0.1, -0.05) is 0 Å². The van der Waals surface area contributed by atoms with Gasteiger partial charge in [-0.15, -0.1) is 0 Å². The Morgan fingerprint density at radius 3 is 2.59 bits per heavy atom. The number of nitrogens with one attached hydrogen (secondary N) is 1. The molecule has 3 rings (SSSR count). The summed E-state index contributed by atoms with van der Waals surface area (Å²) in [5, 5.41) is 21.3. The maximum atomic E-state index is 12.2. The van der Waals surface area contributed by atoms with Crippen molar-refractivity contribution >= 4 is 12.0 Å². The maximum absolute atomic E-state index is 12.2. The lowest BCUT2D eigenvalue weighted by molar-refractivity contribution is -0.130. The van der Waals surface area contributed by atoms with Gasteiger partial charge in [-0.25, -0.2) is 4.79 Å². The fourth-order valence-corrected chi connectivity index (χ4v) is 3.64. The van der Waals surface area contributed by atoms with Crippen LogP contribution in [-0.2, 0) is 4.79 Å². The first-order valence-electron chi connectivity index (χ1n) is 7.68. The third-order valence-corrected chi connectivity index (χ3v) is 4.78. The average Bonchev–Trinajstić information content (AvgIpc) is 3.17. The molecule has 0 aromatic rings. The van der Waals surface area contributed by atoms with Gasteiger partial charge in [-0.3, -0.25) is 4.79 Å². The molecule has 2 heterocycles. The van der Waals surface area contributed by atoms with Gasteiger partial charge in [0.05, 0.1) is 12.6 Å². The van der Waals surface area contributed by atoms with Crippen molar-refractivity contribution in [3.8, 4) is 6.07 Å². The van der Waals surface area contributed by atoms with Crippen molar-refractivity contribution in [2.24, 2.45) is 0 Å². The molecular weight excluding hydrogens is 284 g/mol. The number of carbonyl (C=O) groups excluding carboxylic acids is 1. The van der Waals surface area contributed by atoms with Crippen LogP contribution in [0.4, 0.5) is 4.79 Å². The van der Waals surface area contributed by atoms with Crippen LogP contribution in [0.1, 0.15) is 25.7 Å². The number of amides is 2. The predicted molar refractivity (Wildman–Crippen MR) is 78.0 cm³/mol. The zero-order valence-electron chi connectivity index (χ0n) is 12.4. The molecule has 1 saturated heterocycles. The van der Waals surface area contributed by atoms with E-state index in [1.54, 1.807) is 4.90 Å². The minimum atomic E-state index is -0.870. The van der Waals surface area contributed by atoms with Gasteiger partial charge in [0.2, 0.25) is 5.91 Å². The molecule has 22 heavy (non-hydrogen) atoms. The van der Waals surface area contributed by atoms with Crippen LogP contribution in [0.3, 0.4) is 0 Å². The smallest absolute Gasteiger partial charge is 0.407 e. The number of hydrogen-bond acceptors (Lipinski definition) is 4. The molecule has 1 fully saturated rings. The second-order valence-electron chi connectivity index (χ2n) is 6.21. The van der Waals surface area contributed by atoms with Crippen molar-refractivity contribution in [1.82, 2.24) is 15.1 Å². The summed E-state index contributed by atoms with van der Waals surface area (Å²) in [5.74, 6) is -0.0109. The van der Waals surface area contributed by atoms with Crippen LogP contribution < -0.4 is 5.32 Å². The van der Waals surface area contributed by atoms with Gasteiger partial charge in [0, 0.05) is 25.7 Å². The van der Waals surface area contributed by atoms with Gasteiger partial charge < -0.3 is 20.2 Å². The molecule has 7 heteroatoms. The second kappa shape index (κ2) is 5.97. The lowest BCUT2D eigenvalue weighted by Gasteiger charge is -2.22. The first-order chi connectivity index (χ1) is 10.6. The number of hydrogen-bond donors (Lipinski definition) is 2. The molecule has 2 amide bonds. The van der Waals surface area contributed by atoms with E-state index in [-0.39, 0.29) is 24.5 Å². The Labute approximate surface area is 129 Å². The van der Waals surface area contributed by atoms with Crippen molar-refractivity contribution < 1.29 is 14.7 Å². The van der Waals surface area contributed by atoms with Crippen LogP contribution in [-0.4, -0.2) is 65.2 Å². The standard InChI is InChI=1S/C15H20N4O3/c16-6-13-2-1-3-19(13)14(20)7-17-12-4-10-8-18(15(21)22)9-11(10)5-12/h12-13,17H,1-5,7-9H2,(H,21,22)/t13-/m0/s1. The largest absolute Gasteiger partial charge is 0.465 e. The normalized spacial score (nSPS) is 24.8.